The minimum absolute atomic E-state index is 0.739. The summed E-state index contributed by atoms with van der Waals surface area (Å²) in [5.41, 5.74) is 5.47. The first kappa shape index (κ1) is 24.8. The Bertz CT molecular complexity index is 236. The van der Waals surface area contributed by atoms with E-state index < -0.39 is 0 Å². The van der Waals surface area contributed by atoms with E-state index in [0.29, 0.717) is 0 Å². The van der Waals surface area contributed by atoms with Crippen LogP contribution < -0.4 is 21.7 Å². The van der Waals surface area contributed by atoms with Gasteiger partial charge in [0.15, 0.2) is 0 Å². The van der Waals surface area contributed by atoms with Crippen LogP contribution in [-0.4, -0.2) is 45.3 Å². The van der Waals surface area contributed by atoms with Crippen LogP contribution in [0.5, 0.6) is 0 Å². The largest absolute Gasteiger partial charge is 0.330 e. The van der Waals surface area contributed by atoms with Gasteiger partial charge in [-0.05, 0) is 71.4 Å². The second kappa shape index (κ2) is 21.9. The molecule has 0 radical (unpaired) electrons. The molecule has 0 heterocycles. The summed E-state index contributed by atoms with van der Waals surface area (Å²) in [4.78, 5) is 0. The zero-order valence-corrected chi connectivity index (χ0v) is 17.4. The van der Waals surface area contributed by atoms with E-state index in [4.69, 9.17) is 5.73 Å². The molecule has 0 aromatic heterocycles. The molecule has 0 aromatic rings. The van der Waals surface area contributed by atoms with Crippen molar-refractivity contribution in [3.63, 3.8) is 0 Å². The molecule has 4 nitrogen and oxygen atoms in total. The van der Waals surface area contributed by atoms with Gasteiger partial charge in [-0.1, -0.05) is 58.8 Å². The minimum atomic E-state index is 0.739. The van der Waals surface area contributed by atoms with Crippen molar-refractivity contribution < 1.29 is 0 Å². The lowest BCUT2D eigenvalue weighted by atomic mass is 10.0. The molecule has 0 aliphatic heterocycles. The topological polar surface area (TPSA) is 62.1 Å². The average Bonchev–Trinajstić information content (AvgIpc) is 2.62. The molecule has 25 heavy (non-hydrogen) atoms. The first-order valence-electron chi connectivity index (χ1n) is 11.2. The van der Waals surface area contributed by atoms with Gasteiger partial charge in [-0.3, -0.25) is 0 Å². The molecule has 5 N–H and O–H groups in total. The quantitative estimate of drug-likeness (QED) is 0.236. The molecule has 0 aliphatic carbocycles. The number of nitrogens with two attached hydrogens (primary N) is 1. The van der Waals surface area contributed by atoms with Crippen LogP contribution in [0.2, 0.25) is 0 Å². The lowest BCUT2D eigenvalue weighted by molar-refractivity contribution is 0.420. The molecule has 0 aliphatic rings. The Labute approximate surface area is 158 Å². The van der Waals surface area contributed by atoms with Gasteiger partial charge in [0.1, 0.15) is 0 Å². The Hall–Kier alpha value is -0.160. The maximum absolute atomic E-state index is 5.47. The predicted octanol–water partition coefficient (Wildman–Crippen LogP) is 3.80. The molecule has 1 atom stereocenters. The van der Waals surface area contributed by atoms with Crippen LogP contribution in [-0.2, 0) is 0 Å². The van der Waals surface area contributed by atoms with E-state index in [2.05, 4.69) is 29.8 Å². The van der Waals surface area contributed by atoms with Crippen LogP contribution in [0.1, 0.15) is 90.9 Å². The van der Waals surface area contributed by atoms with Crippen LogP contribution in [0.3, 0.4) is 0 Å². The van der Waals surface area contributed by atoms with Crippen molar-refractivity contribution in [2.45, 2.75) is 96.9 Å². The van der Waals surface area contributed by atoms with Gasteiger partial charge in [-0.2, -0.15) is 0 Å². The molecular weight excluding hydrogens is 308 g/mol. The summed E-state index contributed by atoms with van der Waals surface area (Å²) >= 11 is 0. The van der Waals surface area contributed by atoms with Gasteiger partial charge >= 0.3 is 0 Å². The fraction of sp³-hybridized carbons (Fsp3) is 1.00. The summed E-state index contributed by atoms with van der Waals surface area (Å²) in [6.45, 7) is 10.9. The summed E-state index contributed by atoms with van der Waals surface area (Å²) < 4.78 is 0. The van der Waals surface area contributed by atoms with E-state index in [1.54, 1.807) is 0 Å². The maximum Gasteiger partial charge on any atom is 0.00669 e. The zero-order valence-electron chi connectivity index (χ0n) is 17.4. The second-order valence-electron chi connectivity index (χ2n) is 7.35. The summed E-state index contributed by atoms with van der Waals surface area (Å²) in [5, 5.41) is 10.8. The highest BCUT2D eigenvalue weighted by atomic mass is 14.9. The van der Waals surface area contributed by atoms with Crippen LogP contribution in [0.25, 0.3) is 0 Å². The van der Waals surface area contributed by atoms with Crippen LogP contribution in [0.4, 0.5) is 0 Å². The smallest absolute Gasteiger partial charge is 0.00669 e. The molecule has 0 saturated heterocycles. The first-order valence-corrected chi connectivity index (χ1v) is 11.2. The summed E-state index contributed by atoms with van der Waals surface area (Å²) in [6.07, 6.45) is 15.9. The fourth-order valence-corrected chi connectivity index (χ4v) is 3.20. The molecule has 152 valence electrons. The number of rotatable bonds is 21. The van der Waals surface area contributed by atoms with Gasteiger partial charge < -0.3 is 21.7 Å². The van der Waals surface area contributed by atoms with E-state index in [9.17, 15) is 0 Å². The third-order valence-electron chi connectivity index (χ3n) is 4.77. The third kappa shape index (κ3) is 20.0. The molecule has 0 fully saturated rings. The highest BCUT2D eigenvalue weighted by Gasteiger charge is 2.06. The van der Waals surface area contributed by atoms with Gasteiger partial charge in [-0.15, -0.1) is 0 Å². The third-order valence-corrected chi connectivity index (χ3v) is 4.77. The van der Waals surface area contributed by atoms with Crippen molar-refractivity contribution in [1.82, 2.24) is 16.0 Å². The SMILES string of the molecule is CCCCCCCCC(CCC)NCCCNCCCNCCCN. The first-order chi connectivity index (χ1) is 12.3. The number of hydrogen-bond donors (Lipinski definition) is 4. The molecule has 0 aromatic carbocycles. The molecular formula is C21H48N4. The zero-order chi connectivity index (χ0) is 18.4. The second-order valence-corrected chi connectivity index (χ2v) is 7.35. The molecule has 0 saturated carbocycles. The summed E-state index contributed by atoms with van der Waals surface area (Å²) in [7, 11) is 0. The van der Waals surface area contributed by atoms with Crippen LogP contribution in [0, 0.1) is 0 Å². The monoisotopic (exact) mass is 356 g/mol. The standard InChI is InChI=1S/C21H48N4/c1-3-5-6-7-8-9-14-21(13-4-2)25-20-12-19-24-18-11-17-23-16-10-15-22/h21,23-25H,3-20,22H2,1-2H3. The molecule has 0 bridgehead atoms. The van der Waals surface area contributed by atoms with E-state index in [1.807, 2.05) is 0 Å². The van der Waals surface area contributed by atoms with E-state index in [-0.39, 0.29) is 0 Å². The number of unbranched alkanes of at least 4 members (excludes halogenated alkanes) is 5. The Morgan fingerprint density at radius 2 is 1.20 bits per heavy atom. The van der Waals surface area contributed by atoms with E-state index >= 15 is 0 Å². The van der Waals surface area contributed by atoms with Gasteiger partial charge in [0.25, 0.3) is 0 Å². The Morgan fingerprint density at radius 1 is 0.600 bits per heavy atom. The summed E-state index contributed by atoms with van der Waals surface area (Å²) in [6, 6.07) is 0.739. The van der Waals surface area contributed by atoms with Crippen molar-refractivity contribution in [2.75, 3.05) is 39.3 Å². The molecule has 0 spiro atoms. The van der Waals surface area contributed by atoms with Crippen molar-refractivity contribution >= 4 is 0 Å². The van der Waals surface area contributed by atoms with Gasteiger partial charge in [0.2, 0.25) is 0 Å². The van der Waals surface area contributed by atoms with Gasteiger partial charge in [0, 0.05) is 6.04 Å². The van der Waals surface area contributed by atoms with Crippen molar-refractivity contribution in [3.8, 4) is 0 Å². The maximum atomic E-state index is 5.47. The van der Waals surface area contributed by atoms with Gasteiger partial charge in [0.05, 0.1) is 0 Å². The summed E-state index contributed by atoms with van der Waals surface area (Å²) in [5.74, 6) is 0. The van der Waals surface area contributed by atoms with Crippen LogP contribution >= 0.6 is 0 Å². The molecule has 1 unspecified atom stereocenters. The molecule has 4 heteroatoms. The van der Waals surface area contributed by atoms with Crippen LogP contribution in [0.15, 0.2) is 0 Å². The highest BCUT2D eigenvalue weighted by Crippen LogP contribution is 2.11. The normalized spacial score (nSPS) is 12.6. The van der Waals surface area contributed by atoms with Crippen molar-refractivity contribution in [1.29, 1.82) is 0 Å². The van der Waals surface area contributed by atoms with Gasteiger partial charge in [-0.25, -0.2) is 0 Å². The molecule has 0 rings (SSSR count). The Balaban J connectivity index is 3.38. The van der Waals surface area contributed by atoms with Crippen molar-refractivity contribution in [3.05, 3.63) is 0 Å². The number of hydrogen-bond acceptors (Lipinski definition) is 4. The van der Waals surface area contributed by atoms with E-state index in [0.717, 1.165) is 51.7 Å². The Morgan fingerprint density at radius 3 is 1.84 bits per heavy atom. The fourth-order valence-electron chi connectivity index (χ4n) is 3.20. The van der Waals surface area contributed by atoms with E-state index in [1.165, 1.54) is 70.6 Å². The lowest BCUT2D eigenvalue weighted by Gasteiger charge is -2.18. The minimum Gasteiger partial charge on any atom is -0.330 e. The number of nitrogens with one attached hydrogen (secondary N) is 3. The predicted molar refractivity (Wildman–Crippen MR) is 113 cm³/mol. The van der Waals surface area contributed by atoms with Crippen molar-refractivity contribution in [2.24, 2.45) is 5.73 Å². The molecule has 0 amide bonds. The Kier molecular flexibility index (Phi) is 21.7. The highest BCUT2D eigenvalue weighted by molar-refractivity contribution is 4.67. The average molecular weight is 357 g/mol. The lowest BCUT2D eigenvalue weighted by Crippen LogP contribution is -2.32.